The monoisotopic (exact) mass is 363 g/mol. The number of pyridine rings is 1. The number of rotatable bonds is 5. The van der Waals surface area contributed by atoms with E-state index >= 15 is 0 Å². The molecular weight excluding hydrogens is 346 g/mol. The minimum absolute atomic E-state index is 0.139. The van der Waals surface area contributed by atoms with Crippen LogP contribution in [0.15, 0.2) is 67.0 Å². The highest BCUT2D eigenvalue weighted by atomic mass is 16.3. The Kier molecular flexibility index (Phi) is 5.32. The zero-order chi connectivity index (χ0) is 19.2. The van der Waals surface area contributed by atoms with Gasteiger partial charge in [-0.15, -0.1) is 0 Å². The van der Waals surface area contributed by atoms with Gasteiger partial charge in [0.15, 0.2) is 0 Å². The first-order chi connectivity index (χ1) is 13.0. The number of anilines is 1. The van der Waals surface area contributed by atoms with Crippen molar-refractivity contribution in [3.63, 3.8) is 0 Å². The van der Waals surface area contributed by atoms with Crippen molar-refractivity contribution in [2.45, 2.75) is 6.54 Å². The Morgan fingerprint density at radius 3 is 2.22 bits per heavy atom. The fourth-order valence-electron chi connectivity index (χ4n) is 2.42. The third-order valence-electron chi connectivity index (χ3n) is 3.75. The fraction of sp³-hybridized carbons (Fsp3) is 0.0500. The van der Waals surface area contributed by atoms with Gasteiger partial charge >= 0.3 is 0 Å². The lowest BCUT2D eigenvalue weighted by atomic mass is 10.1. The second-order valence-electron chi connectivity index (χ2n) is 5.81. The molecule has 4 N–H and O–H groups in total. The van der Waals surface area contributed by atoms with Gasteiger partial charge in [-0.1, -0.05) is 12.1 Å². The molecule has 0 aliphatic carbocycles. The number of carbonyl (C=O) groups excluding carboxylic acids is 2. The number of nitrogens with zero attached hydrogens (tertiary/aromatic N) is 1. The Balaban J connectivity index is 1.58. The van der Waals surface area contributed by atoms with E-state index in [1.54, 1.807) is 42.6 Å². The smallest absolute Gasteiger partial charge is 0.255 e. The standard InChI is InChI=1S/C20H17N3O4/c24-17-8-15(9-18(25)10-17)20(27)23-16-5-3-13(4-6-16)11-22-19(26)14-2-1-7-21-12-14/h1-10,12,24-25H,11H2,(H,22,26)(H,23,27). The number of phenols is 2. The van der Waals surface area contributed by atoms with E-state index in [1.807, 2.05) is 0 Å². The maximum absolute atomic E-state index is 12.2. The Bertz CT molecular complexity index is 936. The molecule has 0 saturated heterocycles. The summed E-state index contributed by atoms with van der Waals surface area (Å²) in [5.41, 5.74) is 2.03. The number of carbonyl (C=O) groups is 2. The van der Waals surface area contributed by atoms with Crippen LogP contribution in [0.3, 0.4) is 0 Å². The second-order valence-corrected chi connectivity index (χ2v) is 5.81. The normalized spacial score (nSPS) is 10.2. The van der Waals surface area contributed by atoms with Crippen LogP contribution in [-0.4, -0.2) is 27.0 Å². The summed E-state index contributed by atoms with van der Waals surface area (Å²) in [6, 6.07) is 14.0. The summed E-state index contributed by atoms with van der Waals surface area (Å²) < 4.78 is 0. The van der Waals surface area contributed by atoms with E-state index in [2.05, 4.69) is 15.6 Å². The highest BCUT2D eigenvalue weighted by Crippen LogP contribution is 2.21. The molecule has 0 bridgehead atoms. The van der Waals surface area contributed by atoms with Crippen LogP contribution in [0.5, 0.6) is 11.5 Å². The number of amides is 2. The van der Waals surface area contributed by atoms with Gasteiger partial charge in [0, 0.05) is 36.3 Å². The van der Waals surface area contributed by atoms with E-state index in [-0.39, 0.29) is 23.0 Å². The maximum Gasteiger partial charge on any atom is 0.255 e. The average Bonchev–Trinajstić information content (AvgIpc) is 2.67. The molecule has 3 aromatic rings. The van der Waals surface area contributed by atoms with Gasteiger partial charge in [0.25, 0.3) is 11.8 Å². The van der Waals surface area contributed by atoms with Gasteiger partial charge in [-0.3, -0.25) is 14.6 Å². The minimum atomic E-state index is -0.459. The second kappa shape index (κ2) is 8.01. The molecule has 0 radical (unpaired) electrons. The third kappa shape index (κ3) is 4.82. The first-order valence-corrected chi connectivity index (χ1v) is 8.13. The first-order valence-electron chi connectivity index (χ1n) is 8.13. The lowest BCUT2D eigenvalue weighted by Crippen LogP contribution is -2.22. The zero-order valence-electron chi connectivity index (χ0n) is 14.2. The molecule has 2 aromatic carbocycles. The van der Waals surface area contributed by atoms with Crippen LogP contribution >= 0.6 is 0 Å². The van der Waals surface area contributed by atoms with Crippen molar-refractivity contribution in [1.82, 2.24) is 10.3 Å². The van der Waals surface area contributed by atoms with Crippen LogP contribution in [0, 0.1) is 0 Å². The van der Waals surface area contributed by atoms with Gasteiger partial charge in [-0.25, -0.2) is 0 Å². The van der Waals surface area contributed by atoms with E-state index in [1.165, 1.54) is 18.3 Å². The largest absolute Gasteiger partial charge is 0.508 e. The van der Waals surface area contributed by atoms with Crippen LogP contribution < -0.4 is 10.6 Å². The van der Waals surface area contributed by atoms with Gasteiger partial charge in [0.2, 0.25) is 0 Å². The van der Waals surface area contributed by atoms with Gasteiger partial charge in [0.1, 0.15) is 11.5 Å². The summed E-state index contributed by atoms with van der Waals surface area (Å²) in [5.74, 6) is -1.07. The SMILES string of the molecule is O=C(NCc1ccc(NC(=O)c2cc(O)cc(O)c2)cc1)c1cccnc1. The van der Waals surface area contributed by atoms with E-state index in [0.717, 1.165) is 11.6 Å². The van der Waals surface area contributed by atoms with E-state index < -0.39 is 5.91 Å². The van der Waals surface area contributed by atoms with Crippen molar-refractivity contribution in [3.8, 4) is 11.5 Å². The Hall–Kier alpha value is -3.87. The van der Waals surface area contributed by atoms with Crippen LogP contribution in [0.2, 0.25) is 0 Å². The van der Waals surface area contributed by atoms with Gasteiger partial charge in [0.05, 0.1) is 5.56 Å². The van der Waals surface area contributed by atoms with Crippen molar-refractivity contribution in [3.05, 3.63) is 83.7 Å². The van der Waals surface area contributed by atoms with Crippen molar-refractivity contribution < 1.29 is 19.8 Å². The molecule has 0 fully saturated rings. The quantitative estimate of drug-likeness (QED) is 0.557. The number of benzene rings is 2. The van der Waals surface area contributed by atoms with Crippen LogP contribution in [0.1, 0.15) is 26.3 Å². The molecule has 7 heteroatoms. The fourth-order valence-corrected chi connectivity index (χ4v) is 2.42. The number of aromatic hydroxyl groups is 2. The molecule has 0 aliphatic heterocycles. The summed E-state index contributed by atoms with van der Waals surface area (Å²) in [4.78, 5) is 28.1. The first kappa shape index (κ1) is 17.9. The van der Waals surface area contributed by atoms with Crippen molar-refractivity contribution in [1.29, 1.82) is 0 Å². The van der Waals surface area contributed by atoms with Crippen molar-refractivity contribution in [2.75, 3.05) is 5.32 Å². The number of nitrogens with one attached hydrogen (secondary N) is 2. The van der Waals surface area contributed by atoms with Crippen molar-refractivity contribution in [2.24, 2.45) is 0 Å². The Morgan fingerprint density at radius 1 is 0.889 bits per heavy atom. The van der Waals surface area contributed by atoms with Gasteiger partial charge in [-0.2, -0.15) is 0 Å². The van der Waals surface area contributed by atoms with E-state index in [9.17, 15) is 19.8 Å². The number of phenolic OH excluding ortho intramolecular Hbond substituents is 2. The average molecular weight is 363 g/mol. The topological polar surface area (TPSA) is 112 Å². The molecule has 0 spiro atoms. The molecule has 0 unspecified atom stereocenters. The molecular formula is C20H17N3O4. The molecule has 136 valence electrons. The molecule has 0 atom stereocenters. The summed E-state index contributed by atoms with van der Waals surface area (Å²) in [5, 5.41) is 24.4. The van der Waals surface area contributed by atoms with Gasteiger partial charge in [-0.05, 0) is 42.0 Å². The maximum atomic E-state index is 12.2. The molecule has 7 nitrogen and oxygen atoms in total. The predicted molar refractivity (Wildman–Crippen MR) is 99.6 cm³/mol. The molecule has 0 saturated carbocycles. The van der Waals surface area contributed by atoms with Gasteiger partial charge < -0.3 is 20.8 Å². The summed E-state index contributed by atoms with van der Waals surface area (Å²) in [7, 11) is 0. The summed E-state index contributed by atoms with van der Waals surface area (Å²) in [6.07, 6.45) is 3.09. The van der Waals surface area contributed by atoms with Crippen LogP contribution in [-0.2, 0) is 6.54 Å². The Morgan fingerprint density at radius 2 is 1.59 bits per heavy atom. The predicted octanol–water partition coefficient (Wildman–Crippen LogP) is 2.68. The molecule has 1 heterocycles. The number of hydrogen-bond donors (Lipinski definition) is 4. The summed E-state index contributed by atoms with van der Waals surface area (Å²) >= 11 is 0. The highest BCUT2D eigenvalue weighted by Gasteiger charge is 2.09. The van der Waals surface area contributed by atoms with Crippen LogP contribution in [0.25, 0.3) is 0 Å². The van der Waals surface area contributed by atoms with E-state index in [0.29, 0.717) is 17.8 Å². The number of aromatic nitrogens is 1. The molecule has 27 heavy (non-hydrogen) atoms. The lowest BCUT2D eigenvalue weighted by Gasteiger charge is -2.08. The molecule has 2 amide bonds. The van der Waals surface area contributed by atoms with Crippen molar-refractivity contribution >= 4 is 17.5 Å². The molecule has 3 rings (SSSR count). The molecule has 0 aliphatic rings. The number of hydrogen-bond acceptors (Lipinski definition) is 5. The lowest BCUT2D eigenvalue weighted by molar-refractivity contribution is 0.0949. The minimum Gasteiger partial charge on any atom is -0.508 e. The Labute approximate surface area is 155 Å². The molecule has 1 aromatic heterocycles. The van der Waals surface area contributed by atoms with E-state index in [4.69, 9.17) is 0 Å². The zero-order valence-corrected chi connectivity index (χ0v) is 14.2. The third-order valence-corrected chi connectivity index (χ3v) is 3.75. The summed E-state index contributed by atoms with van der Waals surface area (Å²) in [6.45, 7) is 0.336. The van der Waals surface area contributed by atoms with Crippen LogP contribution in [0.4, 0.5) is 5.69 Å². The highest BCUT2D eigenvalue weighted by molar-refractivity contribution is 6.04.